The Morgan fingerprint density at radius 3 is 2.62 bits per heavy atom. The van der Waals surface area contributed by atoms with Crippen LogP contribution >= 0.6 is 0 Å². The van der Waals surface area contributed by atoms with Crippen molar-refractivity contribution in [2.45, 2.75) is 76.5 Å². The van der Waals surface area contributed by atoms with Gasteiger partial charge in [0.1, 0.15) is 11.3 Å². The predicted molar refractivity (Wildman–Crippen MR) is 130 cm³/mol. The Kier molecular flexibility index (Phi) is 5.08. The molecule has 2 saturated heterocycles. The summed E-state index contributed by atoms with van der Waals surface area (Å²) in [4.78, 5) is 35.6. The number of pyridine rings is 1. The lowest BCUT2D eigenvalue weighted by Crippen LogP contribution is -2.45. The van der Waals surface area contributed by atoms with Crippen molar-refractivity contribution < 1.29 is 23.0 Å². The van der Waals surface area contributed by atoms with Crippen LogP contribution in [0.5, 0.6) is 5.88 Å². The van der Waals surface area contributed by atoms with Crippen LogP contribution in [-0.2, 0) is 10.2 Å². The molecular formula is C26H29F2N5O4. The van der Waals surface area contributed by atoms with Crippen molar-refractivity contribution in [1.82, 2.24) is 18.9 Å². The van der Waals surface area contributed by atoms with Gasteiger partial charge in [-0.05, 0) is 52.2 Å². The van der Waals surface area contributed by atoms with E-state index >= 15 is 0 Å². The number of carbonyl (C=O) groups excluding carboxylic acids is 1. The summed E-state index contributed by atoms with van der Waals surface area (Å²) in [6.45, 7) is 7.79. The standard InChI is InChI=1S/C26H29F2N5O4/c1-14(2)37-20-15(9-32-10-17(30-23(32)31-20)26-11-24(3,12-26)36-13-26)19(34)29-16-6-5-7-33(21(16)35)18-8-25(18,4)22(27)28/h5-7,9-10,14,18,22H,8,11-13H2,1-4H3,(H,29,34)/t18?,24-,25?,26+. The maximum atomic E-state index is 13.4. The fraction of sp³-hybridized carbons (Fsp3) is 0.538. The van der Waals surface area contributed by atoms with Gasteiger partial charge in [0.25, 0.3) is 11.5 Å². The van der Waals surface area contributed by atoms with Crippen LogP contribution in [0.25, 0.3) is 5.78 Å². The Balaban J connectivity index is 1.32. The van der Waals surface area contributed by atoms with E-state index in [1.54, 1.807) is 16.7 Å². The monoisotopic (exact) mass is 513 g/mol. The van der Waals surface area contributed by atoms with Crippen molar-refractivity contribution in [3.63, 3.8) is 0 Å². The molecule has 5 heterocycles. The van der Waals surface area contributed by atoms with Crippen molar-refractivity contribution in [3.05, 3.63) is 52.3 Å². The van der Waals surface area contributed by atoms with Gasteiger partial charge < -0.3 is 19.4 Å². The molecule has 11 heteroatoms. The fourth-order valence-electron chi connectivity index (χ4n) is 5.83. The zero-order chi connectivity index (χ0) is 26.3. The Morgan fingerprint density at radius 2 is 2.00 bits per heavy atom. The summed E-state index contributed by atoms with van der Waals surface area (Å²) in [5.41, 5.74) is -1.05. The SMILES string of the molecule is CC(C)Oc1nc2nc([C@]34CO[C@@](C)(C3)C4)cn2cc1C(=O)Nc1cccn(C2CC2(C)C(F)F)c1=O. The van der Waals surface area contributed by atoms with Crippen LogP contribution in [0.15, 0.2) is 35.5 Å². The van der Waals surface area contributed by atoms with Gasteiger partial charge in [-0.2, -0.15) is 4.98 Å². The molecule has 1 amide bonds. The Hall–Kier alpha value is -3.34. The molecule has 196 valence electrons. The summed E-state index contributed by atoms with van der Waals surface area (Å²) in [5.74, 6) is -0.0974. The highest BCUT2D eigenvalue weighted by Gasteiger charge is 2.61. The number of fused-ring (bicyclic) bond motifs is 2. The van der Waals surface area contributed by atoms with Crippen LogP contribution in [0.4, 0.5) is 14.5 Å². The molecule has 2 unspecified atom stereocenters. The molecular weight excluding hydrogens is 484 g/mol. The van der Waals surface area contributed by atoms with Gasteiger partial charge in [0.2, 0.25) is 18.1 Å². The predicted octanol–water partition coefficient (Wildman–Crippen LogP) is 3.97. The summed E-state index contributed by atoms with van der Waals surface area (Å²) < 4.78 is 41.5. The average Bonchev–Trinajstić information content (AvgIpc) is 3.09. The van der Waals surface area contributed by atoms with E-state index in [1.807, 2.05) is 20.0 Å². The molecule has 9 nitrogen and oxygen atoms in total. The van der Waals surface area contributed by atoms with Gasteiger partial charge in [-0.1, -0.05) is 6.92 Å². The fourth-order valence-corrected chi connectivity index (χ4v) is 5.83. The zero-order valence-electron chi connectivity index (χ0n) is 21.1. The number of halogens is 2. The highest BCUT2D eigenvalue weighted by molar-refractivity contribution is 6.05. The van der Waals surface area contributed by atoms with Gasteiger partial charge in [-0.3, -0.25) is 14.0 Å². The second kappa shape index (κ2) is 7.83. The van der Waals surface area contributed by atoms with Crippen molar-refractivity contribution in [1.29, 1.82) is 0 Å². The summed E-state index contributed by atoms with van der Waals surface area (Å²) in [6.07, 6.45) is 4.09. The third-order valence-electron chi connectivity index (χ3n) is 7.96. The van der Waals surface area contributed by atoms with Crippen molar-refractivity contribution in [2.24, 2.45) is 5.41 Å². The summed E-state index contributed by atoms with van der Waals surface area (Å²) >= 11 is 0. The minimum Gasteiger partial charge on any atom is -0.474 e. The van der Waals surface area contributed by atoms with E-state index in [0.29, 0.717) is 12.4 Å². The van der Waals surface area contributed by atoms with Crippen molar-refractivity contribution in [2.75, 3.05) is 11.9 Å². The molecule has 3 aromatic heterocycles. The molecule has 0 aromatic carbocycles. The third kappa shape index (κ3) is 3.74. The summed E-state index contributed by atoms with van der Waals surface area (Å²) in [6, 6.07) is 2.40. The number of hydrogen-bond acceptors (Lipinski definition) is 6. The minimum atomic E-state index is -2.54. The Labute approximate surface area is 211 Å². The lowest BCUT2D eigenvalue weighted by molar-refractivity contribution is 0.0154. The number of ether oxygens (including phenoxy) is 2. The van der Waals surface area contributed by atoms with E-state index in [2.05, 4.69) is 17.2 Å². The average molecular weight is 514 g/mol. The molecule has 0 radical (unpaired) electrons. The van der Waals surface area contributed by atoms with E-state index in [4.69, 9.17) is 14.5 Å². The van der Waals surface area contributed by atoms with Crippen LogP contribution < -0.4 is 15.6 Å². The smallest absolute Gasteiger partial charge is 0.274 e. The first-order valence-electron chi connectivity index (χ1n) is 12.4. The van der Waals surface area contributed by atoms with Gasteiger partial charge in [0, 0.05) is 30.0 Å². The van der Waals surface area contributed by atoms with Gasteiger partial charge in [-0.15, -0.1) is 0 Å². The summed E-state index contributed by atoms with van der Waals surface area (Å²) in [5, 5.41) is 2.63. The lowest BCUT2D eigenvalue weighted by atomic mass is 9.62. The number of nitrogens with one attached hydrogen (secondary N) is 1. The number of carbonyl (C=O) groups is 1. The molecule has 4 fully saturated rings. The summed E-state index contributed by atoms with van der Waals surface area (Å²) in [7, 11) is 0. The first-order valence-corrected chi connectivity index (χ1v) is 12.4. The second-order valence-electron chi connectivity index (χ2n) is 11.4. The van der Waals surface area contributed by atoms with Crippen molar-refractivity contribution in [3.8, 4) is 5.88 Å². The van der Waals surface area contributed by atoms with E-state index in [1.165, 1.54) is 23.8 Å². The van der Waals surface area contributed by atoms with Crippen LogP contribution in [0.3, 0.4) is 0 Å². The number of hydrogen-bond donors (Lipinski definition) is 1. The van der Waals surface area contributed by atoms with E-state index in [-0.39, 0.29) is 40.7 Å². The van der Waals surface area contributed by atoms with Crippen LogP contribution in [0, 0.1) is 5.41 Å². The maximum absolute atomic E-state index is 13.4. The zero-order valence-corrected chi connectivity index (χ0v) is 21.1. The van der Waals surface area contributed by atoms with Gasteiger partial charge in [-0.25, -0.2) is 13.8 Å². The highest BCUT2D eigenvalue weighted by atomic mass is 19.3. The molecule has 2 bridgehead atoms. The Bertz CT molecular complexity index is 1480. The lowest BCUT2D eigenvalue weighted by Gasteiger charge is -2.41. The molecule has 37 heavy (non-hydrogen) atoms. The number of alkyl halides is 2. The molecule has 7 rings (SSSR count). The second-order valence-corrected chi connectivity index (χ2v) is 11.4. The molecule has 1 N–H and O–H groups in total. The number of amides is 1. The van der Waals surface area contributed by atoms with Gasteiger partial charge in [0.15, 0.2) is 0 Å². The maximum Gasteiger partial charge on any atom is 0.274 e. The number of nitrogens with zero attached hydrogens (tertiary/aromatic N) is 4. The quantitative estimate of drug-likeness (QED) is 0.513. The number of anilines is 1. The van der Waals surface area contributed by atoms with Gasteiger partial charge in [0.05, 0.1) is 29.4 Å². The first kappa shape index (κ1) is 24.0. The van der Waals surface area contributed by atoms with E-state index < -0.39 is 29.3 Å². The Morgan fingerprint density at radius 1 is 1.24 bits per heavy atom. The normalized spacial score (nSPS) is 30.1. The minimum absolute atomic E-state index is 0.00585. The van der Waals surface area contributed by atoms with Gasteiger partial charge >= 0.3 is 0 Å². The van der Waals surface area contributed by atoms with Crippen molar-refractivity contribution >= 4 is 17.4 Å². The molecule has 3 aromatic rings. The van der Waals surface area contributed by atoms with Crippen LogP contribution in [0.2, 0.25) is 0 Å². The largest absolute Gasteiger partial charge is 0.474 e. The highest BCUT2D eigenvalue weighted by Crippen LogP contribution is 2.59. The topological polar surface area (TPSA) is 99.8 Å². The molecule has 0 spiro atoms. The third-order valence-corrected chi connectivity index (χ3v) is 7.96. The molecule has 2 aliphatic heterocycles. The molecule has 4 aliphatic rings. The van der Waals surface area contributed by atoms with Crippen LogP contribution in [0.1, 0.15) is 69.1 Å². The van der Waals surface area contributed by atoms with E-state index in [9.17, 15) is 18.4 Å². The molecule has 2 aliphatic carbocycles. The number of rotatable bonds is 7. The van der Waals surface area contributed by atoms with Crippen LogP contribution in [-0.4, -0.2) is 49.6 Å². The molecule has 2 saturated carbocycles. The number of imidazole rings is 1. The molecule has 2 atom stereocenters. The van der Waals surface area contributed by atoms with E-state index in [0.717, 1.165) is 18.5 Å². The number of aromatic nitrogens is 4. The first-order chi connectivity index (χ1) is 17.4.